The molecule has 1 N–H and O–H groups in total. The summed E-state index contributed by atoms with van der Waals surface area (Å²) in [5.74, 6) is 0.497. The van der Waals surface area contributed by atoms with E-state index in [9.17, 15) is 4.79 Å². The lowest BCUT2D eigenvalue weighted by molar-refractivity contribution is 0.0923. The molecule has 6 nitrogen and oxygen atoms in total. The van der Waals surface area contributed by atoms with Gasteiger partial charge in [0.05, 0.1) is 11.7 Å². The van der Waals surface area contributed by atoms with Gasteiger partial charge in [-0.2, -0.15) is 0 Å². The van der Waals surface area contributed by atoms with Crippen molar-refractivity contribution in [1.82, 2.24) is 25.5 Å². The van der Waals surface area contributed by atoms with Crippen LogP contribution in [-0.2, 0) is 0 Å². The monoisotopic (exact) mass is 353 g/mol. The Bertz CT molecular complexity index is 808. The molecule has 0 radical (unpaired) electrons. The standard InChI is InChI=1S/C18H19N5OS/c24-18(14-7-9-15(10-8-14)23-12-19-21-22-23)20-17(13-4-1-2-5-13)16-6-3-11-25-16/h3,6-13,17H,1-2,4-5H2,(H,20,24). The van der Waals surface area contributed by atoms with E-state index in [1.54, 1.807) is 16.0 Å². The summed E-state index contributed by atoms with van der Waals surface area (Å²) in [6, 6.07) is 11.6. The number of carbonyl (C=O) groups excluding carboxylic acids is 1. The molecule has 0 spiro atoms. The first-order valence-electron chi connectivity index (χ1n) is 8.49. The quantitative estimate of drug-likeness (QED) is 0.763. The maximum atomic E-state index is 12.8. The lowest BCUT2D eigenvalue weighted by Gasteiger charge is -2.24. The van der Waals surface area contributed by atoms with Gasteiger partial charge in [0.15, 0.2) is 0 Å². The molecular formula is C18H19N5OS. The number of tetrazole rings is 1. The van der Waals surface area contributed by atoms with Crippen LogP contribution in [0.15, 0.2) is 48.1 Å². The van der Waals surface area contributed by atoms with E-state index in [4.69, 9.17) is 0 Å². The van der Waals surface area contributed by atoms with E-state index in [0.717, 1.165) is 5.69 Å². The average Bonchev–Trinajstić information content (AvgIpc) is 3.43. The summed E-state index contributed by atoms with van der Waals surface area (Å²) in [7, 11) is 0. The zero-order chi connectivity index (χ0) is 17.1. The Kier molecular flexibility index (Phi) is 4.56. The van der Waals surface area contributed by atoms with Crippen molar-refractivity contribution in [3.8, 4) is 5.69 Å². The molecule has 1 aromatic carbocycles. The fourth-order valence-electron chi connectivity index (χ4n) is 3.45. The van der Waals surface area contributed by atoms with E-state index in [1.807, 2.05) is 24.3 Å². The molecular weight excluding hydrogens is 334 g/mol. The van der Waals surface area contributed by atoms with Crippen molar-refractivity contribution in [3.63, 3.8) is 0 Å². The predicted molar refractivity (Wildman–Crippen MR) is 95.6 cm³/mol. The van der Waals surface area contributed by atoms with Gasteiger partial charge in [-0.3, -0.25) is 4.79 Å². The molecule has 1 atom stereocenters. The summed E-state index contributed by atoms with van der Waals surface area (Å²) in [4.78, 5) is 14.0. The van der Waals surface area contributed by atoms with E-state index in [0.29, 0.717) is 11.5 Å². The van der Waals surface area contributed by atoms with Crippen LogP contribution >= 0.6 is 11.3 Å². The molecule has 3 aromatic rings. The van der Waals surface area contributed by atoms with Gasteiger partial charge in [-0.15, -0.1) is 16.4 Å². The van der Waals surface area contributed by atoms with E-state index in [2.05, 4.69) is 38.4 Å². The maximum Gasteiger partial charge on any atom is 0.251 e. The topological polar surface area (TPSA) is 72.7 Å². The van der Waals surface area contributed by atoms with Gasteiger partial charge in [-0.1, -0.05) is 18.9 Å². The first-order valence-corrected chi connectivity index (χ1v) is 9.37. The molecule has 1 amide bonds. The third kappa shape index (κ3) is 3.46. The molecule has 128 valence electrons. The summed E-state index contributed by atoms with van der Waals surface area (Å²) >= 11 is 1.72. The highest BCUT2D eigenvalue weighted by Gasteiger charge is 2.28. The molecule has 0 bridgehead atoms. The lowest BCUT2D eigenvalue weighted by atomic mass is 9.96. The van der Waals surface area contributed by atoms with Gasteiger partial charge in [-0.05, 0) is 64.9 Å². The highest BCUT2D eigenvalue weighted by atomic mass is 32.1. The zero-order valence-corrected chi connectivity index (χ0v) is 14.5. The number of rotatable bonds is 5. The highest BCUT2D eigenvalue weighted by molar-refractivity contribution is 7.10. The maximum absolute atomic E-state index is 12.8. The van der Waals surface area contributed by atoms with Crippen molar-refractivity contribution in [3.05, 3.63) is 58.5 Å². The molecule has 25 heavy (non-hydrogen) atoms. The second-order valence-corrected chi connectivity index (χ2v) is 7.29. The molecule has 0 saturated heterocycles. The van der Waals surface area contributed by atoms with Crippen molar-refractivity contribution < 1.29 is 4.79 Å². The number of nitrogens with zero attached hydrogens (tertiary/aromatic N) is 4. The van der Waals surface area contributed by atoms with Crippen LogP contribution in [0.3, 0.4) is 0 Å². The van der Waals surface area contributed by atoms with Gasteiger partial charge >= 0.3 is 0 Å². The number of hydrogen-bond donors (Lipinski definition) is 1. The summed E-state index contributed by atoms with van der Waals surface area (Å²) in [5, 5.41) is 16.4. The second-order valence-electron chi connectivity index (χ2n) is 6.31. The first-order chi connectivity index (χ1) is 12.3. The Morgan fingerprint density at radius 2 is 2.00 bits per heavy atom. The Morgan fingerprint density at radius 1 is 1.20 bits per heavy atom. The SMILES string of the molecule is O=C(NC(c1cccs1)C1CCCC1)c1ccc(-n2cnnn2)cc1. The van der Waals surface area contributed by atoms with E-state index < -0.39 is 0 Å². The van der Waals surface area contributed by atoms with Crippen LogP contribution in [0.2, 0.25) is 0 Å². The normalized spacial score (nSPS) is 16.0. The Morgan fingerprint density at radius 3 is 2.64 bits per heavy atom. The number of carbonyl (C=O) groups is 1. The molecule has 2 aromatic heterocycles. The zero-order valence-electron chi connectivity index (χ0n) is 13.7. The Balaban J connectivity index is 1.51. The Hall–Kier alpha value is -2.54. The number of hydrogen-bond acceptors (Lipinski definition) is 5. The molecule has 1 aliphatic rings. The largest absolute Gasteiger partial charge is 0.344 e. The summed E-state index contributed by atoms with van der Waals surface area (Å²) in [6.45, 7) is 0. The van der Waals surface area contributed by atoms with Crippen LogP contribution in [0.1, 0.15) is 47.0 Å². The summed E-state index contributed by atoms with van der Waals surface area (Å²) in [5.41, 5.74) is 1.48. The van der Waals surface area contributed by atoms with Crippen LogP contribution in [0.25, 0.3) is 5.69 Å². The van der Waals surface area contributed by atoms with E-state index in [-0.39, 0.29) is 11.9 Å². The third-order valence-electron chi connectivity index (χ3n) is 4.75. The Labute approximate surface area is 149 Å². The molecule has 1 aliphatic carbocycles. The van der Waals surface area contributed by atoms with Crippen molar-refractivity contribution in [2.45, 2.75) is 31.7 Å². The van der Waals surface area contributed by atoms with Crippen LogP contribution in [0.4, 0.5) is 0 Å². The molecule has 1 saturated carbocycles. The molecule has 0 aliphatic heterocycles. The molecule has 2 heterocycles. The van der Waals surface area contributed by atoms with Crippen molar-refractivity contribution in [1.29, 1.82) is 0 Å². The van der Waals surface area contributed by atoms with Gasteiger partial charge in [0.2, 0.25) is 0 Å². The van der Waals surface area contributed by atoms with Gasteiger partial charge < -0.3 is 5.32 Å². The molecule has 7 heteroatoms. The minimum absolute atomic E-state index is 0.0337. The number of aromatic nitrogens is 4. The number of nitrogens with one attached hydrogen (secondary N) is 1. The van der Waals surface area contributed by atoms with Gasteiger partial charge in [0.1, 0.15) is 6.33 Å². The van der Waals surface area contributed by atoms with Crippen LogP contribution in [0.5, 0.6) is 0 Å². The van der Waals surface area contributed by atoms with Gasteiger partial charge in [0.25, 0.3) is 5.91 Å². The lowest BCUT2D eigenvalue weighted by Crippen LogP contribution is -2.32. The minimum Gasteiger partial charge on any atom is -0.344 e. The minimum atomic E-state index is -0.0337. The number of thiophene rings is 1. The van der Waals surface area contributed by atoms with Crippen molar-refractivity contribution >= 4 is 17.2 Å². The fourth-order valence-corrected chi connectivity index (χ4v) is 4.32. The first kappa shape index (κ1) is 16.0. The summed E-state index contributed by atoms with van der Waals surface area (Å²) in [6.07, 6.45) is 6.40. The van der Waals surface area contributed by atoms with Crippen LogP contribution in [0, 0.1) is 5.92 Å². The third-order valence-corrected chi connectivity index (χ3v) is 5.71. The molecule has 1 fully saturated rings. The van der Waals surface area contributed by atoms with Gasteiger partial charge in [0, 0.05) is 10.4 Å². The fraction of sp³-hybridized carbons (Fsp3) is 0.333. The van der Waals surface area contributed by atoms with E-state index in [1.165, 1.54) is 36.9 Å². The number of amides is 1. The highest BCUT2D eigenvalue weighted by Crippen LogP contribution is 2.37. The molecule has 4 rings (SSSR count). The second kappa shape index (κ2) is 7.14. The van der Waals surface area contributed by atoms with Crippen molar-refractivity contribution in [2.24, 2.45) is 5.92 Å². The molecule has 1 unspecified atom stereocenters. The van der Waals surface area contributed by atoms with Crippen LogP contribution in [-0.4, -0.2) is 26.1 Å². The average molecular weight is 353 g/mol. The summed E-state index contributed by atoms with van der Waals surface area (Å²) < 4.78 is 1.56. The predicted octanol–water partition coefficient (Wildman–Crippen LogP) is 3.39. The van der Waals surface area contributed by atoms with Crippen LogP contribution < -0.4 is 5.32 Å². The number of benzene rings is 1. The van der Waals surface area contributed by atoms with Crippen molar-refractivity contribution in [2.75, 3.05) is 0 Å². The smallest absolute Gasteiger partial charge is 0.251 e. The van der Waals surface area contributed by atoms with E-state index >= 15 is 0 Å². The van der Waals surface area contributed by atoms with Gasteiger partial charge in [-0.25, -0.2) is 4.68 Å².